The minimum atomic E-state index is -0.151. The molecule has 0 fully saturated rings. The second-order valence-corrected chi connectivity index (χ2v) is 5.40. The van der Waals surface area contributed by atoms with Crippen LogP contribution in [0.25, 0.3) is 5.70 Å². The van der Waals surface area contributed by atoms with Gasteiger partial charge in [0.2, 0.25) is 11.9 Å². The van der Waals surface area contributed by atoms with Gasteiger partial charge in [-0.25, -0.2) is 19.9 Å². The number of aliphatic imine (C=N–C) groups is 3. The molecule has 5 heterocycles. The van der Waals surface area contributed by atoms with E-state index in [9.17, 15) is 0 Å². The van der Waals surface area contributed by atoms with Crippen LogP contribution >= 0.6 is 0 Å². The maximum absolute atomic E-state index is 5.66. The molecule has 4 aliphatic rings. The Morgan fingerprint density at radius 2 is 2.35 bits per heavy atom. The summed E-state index contributed by atoms with van der Waals surface area (Å²) in [5.41, 5.74) is 1.81. The fourth-order valence-corrected chi connectivity index (χ4v) is 2.93. The van der Waals surface area contributed by atoms with E-state index in [1.807, 2.05) is 23.1 Å². The highest BCUT2D eigenvalue weighted by Gasteiger charge is 2.34. The number of guanidine groups is 2. The molecule has 0 amide bonds. The van der Waals surface area contributed by atoms with E-state index in [4.69, 9.17) is 9.15 Å². The van der Waals surface area contributed by atoms with E-state index in [1.165, 1.54) is 6.34 Å². The molecule has 0 bridgehead atoms. The average Bonchev–Trinajstić information content (AvgIpc) is 3.28. The Balaban J connectivity index is 1.61. The summed E-state index contributed by atoms with van der Waals surface area (Å²) in [5.74, 6) is 2.91. The summed E-state index contributed by atoms with van der Waals surface area (Å²) in [7, 11) is 0. The molecule has 0 saturated heterocycles. The van der Waals surface area contributed by atoms with Crippen molar-refractivity contribution < 1.29 is 9.15 Å². The van der Waals surface area contributed by atoms with Crippen LogP contribution in [-0.2, 0) is 4.74 Å². The zero-order valence-corrected chi connectivity index (χ0v) is 12.1. The Kier molecular flexibility index (Phi) is 2.55. The van der Waals surface area contributed by atoms with Crippen LogP contribution in [0.2, 0.25) is 0 Å². The smallest absolute Gasteiger partial charge is 0.234 e. The monoisotopic (exact) mass is 307 g/mol. The van der Waals surface area contributed by atoms with Crippen molar-refractivity contribution in [1.82, 2.24) is 10.2 Å². The van der Waals surface area contributed by atoms with Crippen molar-refractivity contribution in [2.24, 2.45) is 15.0 Å². The van der Waals surface area contributed by atoms with Gasteiger partial charge < -0.3 is 14.5 Å². The number of nitrogens with zero attached hydrogens (tertiary/aromatic N) is 4. The normalized spacial score (nSPS) is 24.6. The van der Waals surface area contributed by atoms with Crippen molar-refractivity contribution >= 4 is 24.0 Å². The van der Waals surface area contributed by atoms with Gasteiger partial charge in [0, 0.05) is 6.42 Å². The molecule has 0 spiro atoms. The minimum absolute atomic E-state index is 0.151. The number of nitrogens with one attached hydrogen (secondary N) is 1. The zero-order valence-electron chi connectivity index (χ0n) is 12.1. The van der Waals surface area contributed by atoms with E-state index in [2.05, 4.69) is 32.4 Å². The van der Waals surface area contributed by atoms with Gasteiger partial charge in [-0.05, 0) is 30.4 Å². The van der Waals surface area contributed by atoms with Gasteiger partial charge in [-0.15, -0.1) is 0 Å². The van der Waals surface area contributed by atoms with Crippen LogP contribution in [-0.4, -0.2) is 35.8 Å². The second-order valence-electron chi connectivity index (χ2n) is 5.40. The Labute approximate surface area is 132 Å². The molecule has 0 radical (unpaired) electrons. The number of ether oxygens (including phenoxy) is 1. The van der Waals surface area contributed by atoms with E-state index in [1.54, 1.807) is 6.26 Å². The number of allylic oxidation sites excluding steroid dienone is 1. The van der Waals surface area contributed by atoms with Crippen LogP contribution in [0.1, 0.15) is 12.2 Å². The number of hydrogen-bond donors (Lipinski definition) is 1. The molecule has 7 heteroatoms. The molecule has 1 N–H and O–H groups in total. The van der Waals surface area contributed by atoms with Gasteiger partial charge in [-0.3, -0.25) is 0 Å². The Morgan fingerprint density at radius 3 is 3.17 bits per heavy atom. The molecule has 0 aromatic carbocycles. The molecule has 1 unspecified atom stereocenters. The second kappa shape index (κ2) is 4.70. The van der Waals surface area contributed by atoms with Crippen molar-refractivity contribution in [1.29, 1.82) is 0 Å². The molecular weight excluding hydrogens is 294 g/mol. The summed E-state index contributed by atoms with van der Waals surface area (Å²) in [6, 6.07) is 3.61. The highest BCUT2D eigenvalue weighted by Crippen LogP contribution is 2.30. The average molecular weight is 307 g/mol. The topological polar surface area (TPSA) is 74.7 Å². The van der Waals surface area contributed by atoms with Crippen molar-refractivity contribution in [3.05, 3.63) is 53.8 Å². The molecule has 0 aliphatic carbocycles. The van der Waals surface area contributed by atoms with E-state index < -0.39 is 0 Å². The fraction of sp³-hybridized carbons (Fsp3) is 0.188. The van der Waals surface area contributed by atoms with Gasteiger partial charge in [0.05, 0.1) is 24.3 Å². The van der Waals surface area contributed by atoms with Gasteiger partial charge in [0.1, 0.15) is 23.9 Å². The van der Waals surface area contributed by atoms with Gasteiger partial charge in [-0.1, -0.05) is 0 Å². The lowest BCUT2D eigenvalue weighted by Crippen LogP contribution is -2.49. The first kappa shape index (κ1) is 12.5. The molecule has 1 aromatic heterocycles. The lowest BCUT2D eigenvalue weighted by Gasteiger charge is -2.35. The van der Waals surface area contributed by atoms with Gasteiger partial charge in [0.25, 0.3) is 0 Å². The lowest BCUT2D eigenvalue weighted by molar-refractivity contribution is 0.231. The van der Waals surface area contributed by atoms with Crippen LogP contribution in [0.5, 0.6) is 0 Å². The summed E-state index contributed by atoms with van der Waals surface area (Å²) in [5, 5.41) is 3.26. The minimum Gasteiger partial charge on any atom is -0.495 e. The quantitative estimate of drug-likeness (QED) is 0.905. The maximum Gasteiger partial charge on any atom is 0.234 e. The number of furan rings is 1. The highest BCUT2D eigenvalue weighted by molar-refractivity contribution is 6.12. The van der Waals surface area contributed by atoms with Crippen LogP contribution in [0.15, 0.2) is 67.5 Å². The van der Waals surface area contributed by atoms with Crippen molar-refractivity contribution in [2.45, 2.75) is 12.5 Å². The third-order valence-corrected chi connectivity index (χ3v) is 3.96. The molecule has 7 nitrogen and oxygen atoms in total. The fourth-order valence-electron chi connectivity index (χ4n) is 2.93. The third-order valence-electron chi connectivity index (χ3n) is 3.96. The van der Waals surface area contributed by atoms with E-state index in [0.29, 0.717) is 18.5 Å². The Morgan fingerprint density at radius 1 is 1.35 bits per heavy atom. The summed E-state index contributed by atoms with van der Waals surface area (Å²) in [6.07, 6.45) is 10.2. The third kappa shape index (κ3) is 1.93. The van der Waals surface area contributed by atoms with Crippen LogP contribution < -0.4 is 5.32 Å². The largest absolute Gasteiger partial charge is 0.495 e. The summed E-state index contributed by atoms with van der Waals surface area (Å²) >= 11 is 0. The number of rotatable bonds is 2. The van der Waals surface area contributed by atoms with Gasteiger partial charge in [0.15, 0.2) is 0 Å². The summed E-state index contributed by atoms with van der Waals surface area (Å²) in [4.78, 5) is 15.1. The molecule has 23 heavy (non-hydrogen) atoms. The van der Waals surface area contributed by atoms with E-state index in [0.717, 1.165) is 29.3 Å². The first-order chi connectivity index (χ1) is 11.4. The number of hydrogen-bond acceptors (Lipinski definition) is 7. The summed E-state index contributed by atoms with van der Waals surface area (Å²) in [6.45, 7) is 0.717. The molecule has 1 atom stereocenters. The van der Waals surface area contributed by atoms with Gasteiger partial charge in [-0.2, -0.15) is 0 Å². The SMILES string of the molecule is C1=NC2=NC(C3=CCCO3)C=C3C=C(c4ccco4)NC(=N1)N32. The van der Waals surface area contributed by atoms with Crippen molar-refractivity contribution in [3.8, 4) is 0 Å². The molecule has 0 saturated carbocycles. The van der Waals surface area contributed by atoms with Crippen molar-refractivity contribution in [3.63, 3.8) is 0 Å². The first-order valence-corrected chi connectivity index (χ1v) is 7.44. The predicted octanol–water partition coefficient (Wildman–Crippen LogP) is 1.85. The van der Waals surface area contributed by atoms with Gasteiger partial charge >= 0.3 is 0 Å². The summed E-state index contributed by atoms with van der Waals surface area (Å²) < 4.78 is 11.1. The highest BCUT2D eigenvalue weighted by atomic mass is 16.5. The van der Waals surface area contributed by atoms with Crippen LogP contribution in [0.3, 0.4) is 0 Å². The Hall–Kier alpha value is -3.09. The van der Waals surface area contributed by atoms with Crippen LogP contribution in [0, 0.1) is 0 Å². The molecular formula is C16H13N5O2. The zero-order chi connectivity index (χ0) is 15.2. The Bertz CT molecular complexity index is 842. The predicted molar refractivity (Wildman–Crippen MR) is 85.5 cm³/mol. The molecule has 1 aromatic rings. The van der Waals surface area contributed by atoms with E-state index >= 15 is 0 Å². The van der Waals surface area contributed by atoms with Crippen LogP contribution in [0.4, 0.5) is 0 Å². The lowest BCUT2D eigenvalue weighted by atomic mass is 10.1. The molecule has 4 aliphatic heterocycles. The molecule has 114 valence electrons. The molecule has 5 rings (SSSR count). The first-order valence-electron chi connectivity index (χ1n) is 7.44. The van der Waals surface area contributed by atoms with Crippen molar-refractivity contribution in [2.75, 3.05) is 6.61 Å². The standard InChI is InChI=1S/C16H13N5O2/c1-3-13(22-5-1)11-7-10-8-12(14-4-2-6-23-14)20-16-18-9-17-15(19-11)21(10)16/h1,3-5,7-9,12H,2,6H2,(H,17,18,19,20). The van der Waals surface area contributed by atoms with E-state index in [-0.39, 0.29) is 6.04 Å². The maximum atomic E-state index is 5.66.